The van der Waals surface area contributed by atoms with Gasteiger partial charge in [0.15, 0.2) is 0 Å². The zero-order valence-electron chi connectivity index (χ0n) is 19.9. The van der Waals surface area contributed by atoms with Crippen LogP contribution in [0, 0.1) is 17.8 Å². The summed E-state index contributed by atoms with van der Waals surface area (Å²) in [6.07, 6.45) is 10.9. The lowest BCUT2D eigenvalue weighted by atomic mass is 9.48. The van der Waals surface area contributed by atoms with Crippen molar-refractivity contribution in [1.29, 1.82) is 0 Å². The Bertz CT molecular complexity index is 1110. The van der Waals surface area contributed by atoms with E-state index in [1.807, 2.05) is 19.1 Å². The number of aliphatic carboxylic acids is 1. The van der Waals surface area contributed by atoms with Crippen LogP contribution in [0.4, 0.5) is 0 Å². The summed E-state index contributed by atoms with van der Waals surface area (Å²) in [6.45, 7) is 4.44. The number of rotatable bonds is 7. The third kappa shape index (κ3) is 4.00. The van der Waals surface area contributed by atoms with Gasteiger partial charge in [0.1, 0.15) is 11.5 Å². The molecular formula is C29H33ClO4. The topological polar surface area (TPSA) is 66.8 Å². The van der Waals surface area contributed by atoms with Gasteiger partial charge in [-0.15, -0.1) is 0 Å². The summed E-state index contributed by atoms with van der Waals surface area (Å²) < 4.78 is 6.11. The first-order chi connectivity index (χ1) is 16.3. The van der Waals surface area contributed by atoms with Crippen molar-refractivity contribution in [3.63, 3.8) is 0 Å². The Morgan fingerprint density at radius 1 is 1.12 bits per heavy atom. The number of phenolic OH excluding ortho intramolecular Hbond substituents is 1. The number of ether oxygens (including phenoxy) is 1. The summed E-state index contributed by atoms with van der Waals surface area (Å²) in [5, 5.41) is 20.8. The van der Waals surface area contributed by atoms with Gasteiger partial charge in [-0.3, -0.25) is 0 Å². The molecule has 4 fully saturated rings. The van der Waals surface area contributed by atoms with E-state index in [4.69, 9.17) is 16.3 Å². The molecule has 2 aromatic carbocycles. The van der Waals surface area contributed by atoms with E-state index in [-0.39, 0.29) is 5.41 Å². The third-order valence-corrected chi connectivity index (χ3v) is 8.64. The van der Waals surface area contributed by atoms with E-state index in [0.29, 0.717) is 35.1 Å². The number of benzene rings is 2. The fourth-order valence-corrected chi connectivity index (χ4v) is 7.83. The highest BCUT2D eigenvalue weighted by Gasteiger charge is 2.52. The molecule has 0 saturated heterocycles. The van der Waals surface area contributed by atoms with Crippen molar-refractivity contribution in [2.24, 2.45) is 17.8 Å². The van der Waals surface area contributed by atoms with E-state index in [0.717, 1.165) is 65.3 Å². The standard InChI is InChI=1S/C29H33ClO4/c1-3-22-24(30)13-21(6-8-26(32)33)28(34-4-2)27(22)20-5-7-25(31)23(12-20)29-14-17-9-18(15-29)11-19(10-17)16-29/h5-8,12-13,17-19,31H,3-4,9-11,14-16H2,1-2H3,(H,32,33). The van der Waals surface area contributed by atoms with Gasteiger partial charge in [-0.2, -0.15) is 0 Å². The Morgan fingerprint density at radius 2 is 1.76 bits per heavy atom. The van der Waals surface area contributed by atoms with Crippen molar-refractivity contribution in [3.05, 3.63) is 52.1 Å². The Hall–Kier alpha value is -2.46. The van der Waals surface area contributed by atoms with Crippen LogP contribution in [-0.4, -0.2) is 22.8 Å². The van der Waals surface area contributed by atoms with Gasteiger partial charge in [0.25, 0.3) is 0 Å². The van der Waals surface area contributed by atoms with Gasteiger partial charge in [-0.1, -0.05) is 24.6 Å². The van der Waals surface area contributed by atoms with Crippen LogP contribution in [0.2, 0.25) is 5.02 Å². The maximum Gasteiger partial charge on any atom is 0.328 e. The molecule has 4 saturated carbocycles. The molecule has 180 valence electrons. The van der Waals surface area contributed by atoms with Crippen LogP contribution < -0.4 is 4.74 Å². The monoisotopic (exact) mass is 480 g/mol. The Labute approximate surface area is 206 Å². The zero-order chi connectivity index (χ0) is 24.0. The van der Waals surface area contributed by atoms with Gasteiger partial charge in [0, 0.05) is 27.8 Å². The van der Waals surface area contributed by atoms with Gasteiger partial charge >= 0.3 is 5.97 Å². The molecule has 4 nitrogen and oxygen atoms in total. The van der Waals surface area contributed by atoms with Crippen LogP contribution in [0.1, 0.15) is 69.1 Å². The van der Waals surface area contributed by atoms with Crippen LogP contribution in [0.15, 0.2) is 30.3 Å². The largest absolute Gasteiger partial charge is 0.508 e. The number of carbonyl (C=O) groups is 1. The average Bonchev–Trinajstić information content (AvgIpc) is 2.78. The molecule has 34 heavy (non-hydrogen) atoms. The fraction of sp³-hybridized carbons (Fsp3) is 0.483. The van der Waals surface area contributed by atoms with Crippen molar-refractivity contribution in [2.75, 3.05) is 6.61 Å². The summed E-state index contributed by atoms with van der Waals surface area (Å²) in [5.74, 6) is 2.34. The molecule has 0 radical (unpaired) electrons. The average molecular weight is 481 g/mol. The highest BCUT2D eigenvalue weighted by Crippen LogP contribution is 2.62. The number of hydrogen-bond acceptors (Lipinski definition) is 3. The number of carboxylic acid groups (broad SMARTS) is 1. The normalized spacial score (nSPS) is 27.4. The third-order valence-electron chi connectivity index (χ3n) is 8.30. The Balaban J connectivity index is 1.68. The maximum absolute atomic E-state index is 11.2. The summed E-state index contributed by atoms with van der Waals surface area (Å²) in [4.78, 5) is 11.2. The number of phenols is 1. The number of halogens is 1. The molecule has 4 bridgehead atoms. The van der Waals surface area contributed by atoms with Gasteiger partial charge in [-0.05, 0) is 110 Å². The first kappa shape index (κ1) is 23.3. The van der Waals surface area contributed by atoms with Gasteiger partial charge in [0.05, 0.1) is 6.61 Å². The first-order valence-corrected chi connectivity index (χ1v) is 12.9. The summed E-state index contributed by atoms with van der Waals surface area (Å²) in [6, 6.07) is 7.72. The second kappa shape index (κ2) is 8.96. The SMILES string of the molecule is CCOc1c(C=CC(=O)O)cc(Cl)c(CC)c1-c1ccc(O)c(C23CC4CC(CC(C4)C2)C3)c1. The molecule has 2 aromatic rings. The van der Waals surface area contributed by atoms with Crippen LogP contribution in [0.3, 0.4) is 0 Å². The molecule has 5 heteroatoms. The quantitative estimate of drug-likeness (QED) is 0.410. The minimum atomic E-state index is -1.02. The molecule has 0 aliphatic heterocycles. The van der Waals surface area contributed by atoms with E-state index in [2.05, 4.69) is 13.0 Å². The van der Waals surface area contributed by atoms with E-state index < -0.39 is 5.97 Å². The highest BCUT2D eigenvalue weighted by molar-refractivity contribution is 6.32. The van der Waals surface area contributed by atoms with Crippen molar-refractivity contribution in [1.82, 2.24) is 0 Å². The molecule has 6 rings (SSSR count). The Kier molecular flexibility index (Phi) is 6.14. The molecule has 0 atom stereocenters. The minimum Gasteiger partial charge on any atom is -0.508 e. The second-order valence-corrected chi connectivity index (χ2v) is 10.9. The van der Waals surface area contributed by atoms with Gasteiger partial charge in [0.2, 0.25) is 0 Å². The molecule has 0 unspecified atom stereocenters. The molecule has 4 aliphatic carbocycles. The summed E-state index contributed by atoms with van der Waals surface area (Å²) >= 11 is 6.71. The number of aromatic hydroxyl groups is 1. The number of carboxylic acids is 1. The molecule has 2 N–H and O–H groups in total. The van der Waals surface area contributed by atoms with E-state index in [9.17, 15) is 15.0 Å². The van der Waals surface area contributed by atoms with Crippen molar-refractivity contribution < 1.29 is 19.7 Å². The second-order valence-electron chi connectivity index (χ2n) is 10.5. The van der Waals surface area contributed by atoms with Crippen LogP contribution >= 0.6 is 11.6 Å². The lowest BCUT2D eigenvalue weighted by Crippen LogP contribution is -2.48. The predicted molar refractivity (Wildman–Crippen MR) is 136 cm³/mol. The first-order valence-electron chi connectivity index (χ1n) is 12.6. The number of hydrogen-bond donors (Lipinski definition) is 2. The smallest absolute Gasteiger partial charge is 0.328 e. The molecule has 4 aliphatic rings. The Morgan fingerprint density at radius 3 is 2.32 bits per heavy atom. The van der Waals surface area contributed by atoms with Crippen LogP contribution in [0.25, 0.3) is 17.2 Å². The molecule has 0 spiro atoms. The lowest BCUT2D eigenvalue weighted by molar-refractivity contribution is -0.131. The molecule has 0 amide bonds. The van der Waals surface area contributed by atoms with E-state index in [1.165, 1.54) is 19.3 Å². The summed E-state index contributed by atoms with van der Waals surface area (Å²) in [7, 11) is 0. The molecule has 0 heterocycles. The van der Waals surface area contributed by atoms with Crippen molar-refractivity contribution in [3.8, 4) is 22.6 Å². The summed E-state index contributed by atoms with van der Waals surface area (Å²) in [5.41, 5.74) is 4.60. The van der Waals surface area contributed by atoms with E-state index >= 15 is 0 Å². The van der Waals surface area contributed by atoms with Crippen LogP contribution in [0.5, 0.6) is 11.5 Å². The van der Waals surface area contributed by atoms with Crippen molar-refractivity contribution >= 4 is 23.6 Å². The molecular weight excluding hydrogens is 448 g/mol. The van der Waals surface area contributed by atoms with Crippen LogP contribution in [-0.2, 0) is 16.6 Å². The molecule has 0 aromatic heterocycles. The van der Waals surface area contributed by atoms with E-state index in [1.54, 1.807) is 12.1 Å². The maximum atomic E-state index is 11.2. The zero-order valence-corrected chi connectivity index (χ0v) is 20.7. The minimum absolute atomic E-state index is 0.0532. The van der Waals surface area contributed by atoms with Crippen molar-refractivity contribution in [2.45, 2.75) is 64.2 Å². The lowest BCUT2D eigenvalue weighted by Gasteiger charge is -2.57. The fourth-order valence-electron chi connectivity index (χ4n) is 7.48. The van der Waals surface area contributed by atoms with Gasteiger partial charge < -0.3 is 14.9 Å². The highest BCUT2D eigenvalue weighted by atomic mass is 35.5. The van der Waals surface area contributed by atoms with Gasteiger partial charge in [-0.25, -0.2) is 4.79 Å². The predicted octanol–water partition coefficient (Wildman–Crippen LogP) is 7.24.